The minimum atomic E-state index is 0.00358. The number of aliphatic imine (C=N–C) groups is 1. The van der Waals surface area contributed by atoms with Crippen molar-refractivity contribution in [2.45, 2.75) is 39.7 Å². The summed E-state index contributed by atoms with van der Waals surface area (Å²) in [6, 6.07) is 7.40. The highest BCUT2D eigenvalue weighted by Gasteiger charge is 2.32. The summed E-state index contributed by atoms with van der Waals surface area (Å²) in [7, 11) is 1.94. The Hall–Kier alpha value is -2.44. The minimum absolute atomic E-state index is 0.00358. The second kappa shape index (κ2) is 7.05. The molecule has 138 valence electrons. The molecular weight excluding hydrogens is 328 g/mol. The Morgan fingerprint density at radius 3 is 2.69 bits per heavy atom. The third kappa shape index (κ3) is 3.57. The number of nitrogens with zero attached hydrogens (tertiary/aromatic N) is 3. The van der Waals surface area contributed by atoms with E-state index >= 15 is 0 Å². The number of aliphatic hydroxyl groups excluding tert-OH is 1. The summed E-state index contributed by atoms with van der Waals surface area (Å²) in [6.07, 6.45) is 2.97. The van der Waals surface area contributed by atoms with E-state index in [1.807, 2.05) is 36.0 Å². The summed E-state index contributed by atoms with van der Waals surface area (Å²) in [5.41, 5.74) is 5.51. The Kier molecular flexibility index (Phi) is 4.98. The first kappa shape index (κ1) is 18.4. The maximum atomic E-state index is 9.15. The van der Waals surface area contributed by atoms with Gasteiger partial charge in [0.25, 0.3) is 5.90 Å². The number of nitrogens with two attached hydrogens (primary N) is 1. The highest BCUT2D eigenvalue weighted by molar-refractivity contribution is 5.97. The topological polar surface area (TPSA) is 85.7 Å². The second-order valence-electron chi connectivity index (χ2n) is 7.57. The molecule has 2 aromatic rings. The van der Waals surface area contributed by atoms with Gasteiger partial charge in [-0.25, -0.2) is 4.99 Å². The molecule has 6 heteroatoms. The van der Waals surface area contributed by atoms with Crippen LogP contribution < -0.4 is 5.90 Å². The fourth-order valence-corrected chi connectivity index (χ4v) is 3.39. The molecule has 1 aliphatic rings. The van der Waals surface area contributed by atoms with Crippen LogP contribution in [0.25, 0.3) is 5.70 Å². The first-order valence-electron chi connectivity index (χ1n) is 8.74. The highest BCUT2D eigenvalue weighted by Crippen LogP contribution is 2.36. The average molecular weight is 354 g/mol. The highest BCUT2D eigenvalue weighted by atomic mass is 16.6. The Morgan fingerprint density at radius 1 is 1.38 bits per heavy atom. The summed E-state index contributed by atoms with van der Waals surface area (Å²) >= 11 is 0. The van der Waals surface area contributed by atoms with E-state index in [0.29, 0.717) is 11.4 Å². The Labute approximate surface area is 154 Å². The molecule has 0 spiro atoms. The number of aromatic nitrogens is 2. The fraction of sp³-hybridized carbons (Fsp3) is 0.400. The van der Waals surface area contributed by atoms with E-state index in [2.05, 4.69) is 30.5 Å². The summed E-state index contributed by atoms with van der Waals surface area (Å²) in [5, 5.41) is 13.8. The first-order valence-corrected chi connectivity index (χ1v) is 8.74. The molecule has 0 unspecified atom stereocenters. The quantitative estimate of drug-likeness (QED) is 0.502. The van der Waals surface area contributed by atoms with Crippen molar-refractivity contribution in [3.05, 3.63) is 58.9 Å². The Balaban J connectivity index is 1.94. The van der Waals surface area contributed by atoms with Gasteiger partial charge in [0.2, 0.25) is 0 Å². The van der Waals surface area contributed by atoms with E-state index in [0.717, 1.165) is 36.0 Å². The Morgan fingerprint density at radius 2 is 2.08 bits per heavy atom. The Bertz CT molecular complexity index is 847. The van der Waals surface area contributed by atoms with E-state index < -0.39 is 0 Å². The van der Waals surface area contributed by atoms with E-state index in [4.69, 9.17) is 15.8 Å². The number of aliphatic hydroxyl groups is 1. The van der Waals surface area contributed by atoms with Crippen molar-refractivity contribution in [1.29, 1.82) is 0 Å². The van der Waals surface area contributed by atoms with Gasteiger partial charge in [-0.3, -0.25) is 4.68 Å². The van der Waals surface area contributed by atoms with Crippen LogP contribution in [0.1, 0.15) is 48.3 Å². The molecule has 1 heterocycles. The zero-order chi connectivity index (χ0) is 18.9. The van der Waals surface area contributed by atoms with Gasteiger partial charge in [-0.2, -0.15) is 11.0 Å². The van der Waals surface area contributed by atoms with Crippen LogP contribution in [0.5, 0.6) is 0 Å². The standard InChI is InChI=1S/C20H26N4O2/c1-13(15-7-5-14(12-25)6-8-15)22-19(26-21)18-16-9-10-20(2,3)11-17(16)24(4)23-18/h5-8,25H,1,9-12,21H2,2-4H3. The van der Waals surface area contributed by atoms with Crippen molar-refractivity contribution in [1.82, 2.24) is 9.78 Å². The predicted octanol–water partition coefficient (Wildman–Crippen LogP) is 2.74. The zero-order valence-corrected chi connectivity index (χ0v) is 15.6. The van der Waals surface area contributed by atoms with Crippen molar-refractivity contribution in [2.24, 2.45) is 23.4 Å². The van der Waals surface area contributed by atoms with E-state index in [1.54, 1.807) is 0 Å². The number of benzene rings is 1. The molecule has 1 aromatic heterocycles. The maximum Gasteiger partial charge on any atom is 0.266 e. The molecule has 0 aliphatic heterocycles. The van der Waals surface area contributed by atoms with Crippen LogP contribution in [0.4, 0.5) is 0 Å². The van der Waals surface area contributed by atoms with Crippen molar-refractivity contribution >= 4 is 11.6 Å². The number of fused-ring (bicyclic) bond motifs is 1. The molecular formula is C20H26N4O2. The molecule has 1 aromatic carbocycles. The fourth-order valence-electron chi connectivity index (χ4n) is 3.39. The van der Waals surface area contributed by atoms with E-state index in [1.165, 1.54) is 5.69 Å². The molecule has 3 N–H and O–H groups in total. The lowest BCUT2D eigenvalue weighted by Crippen LogP contribution is -2.24. The molecule has 0 saturated heterocycles. The van der Waals surface area contributed by atoms with Gasteiger partial charge in [0.15, 0.2) is 5.69 Å². The summed E-state index contributed by atoms with van der Waals surface area (Å²) in [4.78, 5) is 9.56. The van der Waals surface area contributed by atoms with Crippen LogP contribution >= 0.6 is 0 Å². The maximum absolute atomic E-state index is 9.15. The predicted molar refractivity (Wildman–Crippen MR) is 102 cm³/mol. The SMILES string of the molecule is C=C(N=C(ON)c1nn(C)c2c1CCC(C)(C)C2)c1ccc(CO)cc1. The van der Waals surface area contributed by atoms with Crippen molar-refractivity contribution in [2.75, 3.05) is 0 Å². The van der Waals surface area contributed by atoms with Gasteiger partial charge < -0.3 is 9.94 Å². The number of aryl methyl sites for hydroxylation is 1. The second-order valence-corrected chi connectivity index (χ2v) is 7.57. The summed E-state index contributed by atoms with van der Waals surface area (Å²) < 4.78 is 1.90. The van der Waals surface area contributed by atoms with Crippen molar-refractivity contribution < 1.29 is 9.94 Å². The zero-order valence-electron chi connectivity index (χ0n) is 15.6. The lowest BCUT2D eigenvalue weighted by molar-refractivity contribution is 0.282. The third-order valence-electron chi connectivity index (χ3n) is 4.99. The first-order chi connectivity index (χ1) is 12.3. The van der Waals surface area contributed by atoms with E-state index in [-0.39, 0.29) is 17.9 Å². The van der Waals surface area contributed by atoms with Crippen LogP contribution in [0.15, 0.2) is 35.8 Å². The van der Waals surface area contributed by atoms with Gasteiger partial charge in [0.05, 0.1) is 12.3 Å². The van der Waals surface area contributed by atoms with Crippen LogP contribution in [-0.2, 0) is 31.3 Å². The molecule has 3 rings (SSSR count). The third-order valence-corrected chi connectivity index (χ3v) is 4.99. The number of hydrogen-bond donors (Lipinski definition) is 2. The summed E-state index contributed by atoms with van der Waals surface area (Å²) in [6.45, 7) is 8.56. The number of hydrogen-bond acceptors (Lipinski definition) is 5. The van der Waals surface area contributed by atoms with Gasteiger partial charge in [-0.05, 0) is 35.8 Å². The molecule has 0 amide bonds. The van der Waals surface area contributed by atoms with E-state index in [9.17, 15) is 0 Å². The molecule has 0 fully saturated rings. The molecule has 6 nitrogen and oxygen atoms in total. The molecule has 0 bridgehead atoms. The molecule has 26 heavy (non-hydrogen) atoms. The summed E-state index contributed by atoms with van der Waals surface area (Å²) in [5.74, 6) is 5.79. The van der Waals surface area contributed by atoms with Crippen molar-refractivity contribution in [3.8, 4) is 0 Å². The van der Waals surface area contributed by atoms with Crippen LogP contribution in [0.2, 0.25) is 0 Å². The van der Waals surface area contributed by atoms with Crippen molar-refractivity contribution in [3.63, 3.8) is 0 Å². The van der Waals surface area contributed by atoms with Gasteiger partial charge in [0.1, 0.15) is 0 Å². The largest absolute Gasteiger partial charge is 0.392 e. The molecule has 0 radical (unpaired) electrons. The molecule has 0 atom stereocenters. The lowest BCUT2D eigenvalue weighted by atomic mass is 9.76. The van der Waals surface area contributed by atoms with Crippen LogP contribution in [-0.4, -0.2) is 20.8 Å². The molecule has 1 aliphatic carbocycles. The average Bonchev–Trinajstić information content (AvgIpc) is 2.94. The smallest absolute Gasteiger partial charge is 0.266 e. The van der Waals surface area contributed by atoms with Gasteiger partial charge in [0, 0.05) is 18.3 Å². The lowest BCUT2D eigenvalue weighted by Gasteiger charge is -2.29. The normalized spacial score (nSPS) is 16.3. The van der Waals surface area contributed by atoms with Crippen LogP contribution in [0, 0.1) is 5.41 Å². The van der Waals surface area contributed by atoms with Gasteiger partial charge in [-0.1, -0.05) is 44.7 Å². The van der Waals surface area contributed by atoms with Gasteiger partial charge >= 0.3 is 0 Å². The monoisotopic (exact) mass is 354 g/mol. The van der Waals surface area contributed by atoms with Crippen LogP contribution in [0.3, 0.4) is 0 Å². The van der Waals surface area contributed by atoms with Gasteiger partial charge in [-0.15, -0.1) is 0 Å². The number of rotatable bonds is 4. The molecule has 0 saturated carbocycles. The minimum Gasteiger partial charge on any atom is -0.392 e.